The number of aromatic hydroxyl groups is 1. The number of carbonyl (C=O) groups is 1. The highest BCUT2D eigenvalue weighted by molar-refractivity contribution is 5.94. The third-order valence-electron chi connectivity index (χ3n) is 8.61. The van der Waals surface area contributed by atoms with E-state index in [1.54, 1.807) is 0 Å². The van der Waals surface area contributed by atoms with Gasteiger partial charge in [-0.15, -0.1) is 0 Å². The van der Waals surface area contributed by atoms with E-state index in [1.165, 1.54) is 30.3 Å². The molecule has 0 radical (unpaired) electrons. The number of alkyl halides is 2. The predicted molar refractivity (Wildman–Crippen MR) is 148 cm³/mol. The topological polar surface area (TPSA) is 80.5 Å². The third-order valence-corrected chi connectivity index (χ3v) is 8.61. The molecule has 3 heterocycles. The number of nitrogens with zero attached hydrogens (tertiary/aromatic N) is 4. The molecule has 1 saturated carbocycles. The molecule has 9 heteroatoms. The lowest BCUT2D eigenvalue weighted by atomic mass is 9.80. The largest absolute Gasteiger partial charge is 0.506 e. The second-order valence-electron chi connectivity index (χ2n) is 11.1. The van der Waals surface area contributed by atoms with E-state index in [2.05, 4.69) is 36.6 Å². The van der Waals surface area contributed by atoms with Crippen LogP contribution in [0.2, 0.25) is 0 Å². The van der Waals surface area contributed by atoms with E-state index in [9.17, 15) is 18.7 Å². The van der Waals surface area contributed by atoms with Crippen molar-refractivity contribution < 1.29 is 23.4 Å². The van der Waals surface area contributed by atoms with Crippen molar-refractivity contribution in [2.24, 2.45) is 5.92 Å². The normalized spacial score (nSPS) is 17.9. The van der Waals surface area contributed by atoms with Crippen LogP contribution in [0.15, 0.2) is 36.5 Å². The minimum Gasteiger partial charge on any atom is -0.506 e. The number of halogens is 2. The predicted octanol–water partition coefficient (Wildman–Crippen LogP) is 6.97. The zero-order valence-corrected chi connectivity index (χ0v) is 23.4. The number of rotatable bonds is 10. The second kappa shape index (κ2) is 11.9. The highest BCUT2D eigenvalue weighted by Gasteiger charge is 2.36. The summed E-state index contributed by atoms with van der Waals surface area (Å²) in [7, 11) is 0. The smallest absolute Gasteiger partial charge is 0.388 e. The van der Waals surface area contributed by atoms with Crippen LogP contribution >= 0.6 is 0 Å². The Kier molecular flexibility index (Phi) is 8.38. The van der Waals surface area contributed by atoms with E-state index in [0.29, 0.717) is 42.5 Å². The number of aryl methyl sites for hydroxylation is 1. The Morgan fingerprint density at radius 2 is 2.00 bits per heavy atom. The molecule has 40 heavy (non-hydrogen) atoms. The SMILES string of the molecule is CCC(C)CCc1nn(-c2ccc(C3CCC3)cc2O)c2c1C(CC)N(C(=O)c1ccc(OC(F)F)nc1)CC2. The monoisotopic (exact) mass is 552 g/mol. The fourth-order valence-electron chi connectivity index (χ4n) is 5.87. The highest BCUT2D eigenvalue weighted by Crippen LogP contribution is 2.41. The number of aromatic nitrogens is 3. The van der Waals surface area contributed by atoms with Crippen molar-refractivity contribution in [2.45, 2.75) is 90.7 Å². The van der Waals surface area contributed by atoms with Crippen LogP contribution in [0.5, 0.6) is 11.6 Å². The molecule has 2 atom stereocenters. The van der Waals surface area contributed by atoms with Gasteiger partial charge in [-0.3, -0.25) is 4.79 Å². The fourth-order valence-corrected chi connectivity index (χ4v) is 5.87. The van der Waals surface area contributed by atoms with Crippen molar-refractivity contribution in [3.63, 3.8) is 0 Å². The zero-order chi connectivity index (χ0) is 28.4. The molecular weight excluding hydrogens is 514 g/mol. The average Bonchev–Trinajstić information content (AvgIpc) is 3.28. The summed E-state index contributed by atoms with van der Waals surface area (Å²) in [5, 5.41) is 16.1. The van der Waals surface area contributed by atoms with Crippen LogP contribution in [0.25, 0.3) is 5.69 Å². The zero-order valence-electron chi connectivity index (χ0n) is 23.4. The second-order valence-corrected chi connectivity index (χ2v) is 11.1. The molecule has 1 amide bonds. The van der Waals surface area contributed by atoms with Gasteiger partial charge in [-0.05, 0) is 67.7 Å². The lowest BCUT2D eigenvalue weighted by Crippen LogP contribution is -2.40. The fraction of sp³-hybridized carbons (Fsp3) is 0.516. The van der Waals surface area contributed by atoms with Gasteiger partial charge in [-0.25, -0.2) is 9.67 Å². The molecule has 1 fully saturated rings. The molecule has 214 valence electrons. The van der Waals surface area contributed by atoms with Crippen molar-refractivity contribution >= 4 is 5.91 Å². The van der Waals surface area contributed by atoms with Gasteiger partial charge < -0.3 is 14.7 Å². The first-order valence-electron chi connectivity index (χ1n) is 14.5. The summed E-state index contributed by atoms with van der Waals surface area (Å²) in [6.07, 6.45) is 8.95. The first kappa shape index (κ1) is 28.1. The lowest BCUT2D eigenvalue weighted by Gasteiger charge is -2.36. The maximum absolute atomic E-state index is 13.6. The van der Waals surface area contributed by atoms with Gasteiger partial charge in [0.25, 0.3) is 5.91 Å². The summed E-state index contributed by atoms with van der Waals surface area (Å²) in [4.78, 5) is 19.4. The summed E-state index contributed by atoms with van der Waals surface area (Å²) in [5.74, 6) is 0.856. The average molecular weight is 553 g/mol. The Hall–Kier alpha value is -3.49. The van der Waals surface area contributed by atoms with Gasteiger partial charge in [0.05, 0.1) is 23.0 Å². The number of fused-ring (bicyclic) bond motifs is 1. The molecular formula is C31H38F2N4O3. The number of hydrogen-bond acceptors (Lipinski definition) is 5. The third kappa shape index (κ3) is 5.56. The van der Waals surface area contributed by atoms with Crippen LogP contribution in [-0.4, -0.2) is 43.8 Å². The van der Waals surface area contributed by atoms with E-state index < -0.39 is 6.61 Å². The summed E-state index contributed by atoms with van der Waals surface area (Å²) in [6, 6.07) is 8.53. The molecule has 1 aliphatic heterocycles. The quantitative estimate of drug-likeness (QED) is 0.294. The molecule has 2 aromatic heterocycles. The molecule has 1 N–H and O–H groups in total. The van der Waals surface area contributed by atoms with Crippen LogP contribution < -0.4 is 4.74 Å². The Morgan fingerprint density at radius 3 is 2.60 bits per heavy atom. The molecule has 0 bridgehead atoms. The van der Waals surface area contributed by atoms with E-state index in [1.807, 2.05) is 21.7 Å². The Morgan fingerprint density at radius 1 is 1.20 bits per heavy atom. The number of ether oxygens (including phenoxy) is 1. The minimum atomic E-state index is -2.97. The maximum atomic E-state index is 13.6. The minimum absolute atomic E-state index is 0.203. The van der Waals surface area contributed by atoms with Crippen molar-refractivity contribution in [2.75, 3.05) is 6.54 Å². The van der Waals surface area contributed by atoms with Gasteiger partial charge in [-0.1, -0.05) is 39.7 Å². The number of amides is 1. The lowest BCUT2D eigenvalue weighted by molar-refractivity contribution is -0.0528. The molecule has 5 rings (SSSR count). The number of phenolic OH excluding ortho intramolecular Hbond substituents is 1. The van der Waals surface area contributed by atoms with Crippen molar-refractivity contribution in [3.8, 4) is 17.3 Å². The Bertz CT molecular complexity index is 1340. The summed E-state index contributed by atoms with van der Waals surface area (Å²) < 4.78 is 31.3. The molecule has 3 aromatic rings. The molecule has 0 spiro atoms. The van der Waals surface area contributed by atoms with Gasteiger partial charge in [-0.2, -0.15) is 13.9 Å². The van der Waals surface area contributed by atoms with Crippen LogP contribution in [-0.2, 0) is 12.8 Å². The van der Waals surface area contributed by atoms with E-state index in [4.69, 9.17) is 5.10 Å². The highest BCUT2D eigenvalue weighted by atomic mass is 19.3. The number of carbonyl (C=O) groups excluding carboxylic acids is 1. The van der Waals surface area contributed by atoms with E-state index >= 15 is 0 Å². The summed E-state index contributed by atoms with van der Waals surface area (Å²) >= 11 is 0. The van der Waals surface area contributed by atoms with Crippen molar-refractivity contribution in [1.29, 1.82) is 0 Å². The van der Waals surface area contributed by atoms with Gasteiger partial charge >= 0.3 is 6.61 Å². The van der Waals surface area contributed by atoms with Crippen molar-refractivity contribution in [3.05, 3.63) is 64.6 Å². The molecule has 2 unspecified atom stereocenters. The standard InChI is InChI=1S/C31H38F2N4O3/c1-4-19(3)9-12-23-29-24(5-2)36(30(39)22-11-14-28(34-18-22)40-31(32)33)16-15-26(29)37(35-23)25-13-10-21(17-27(25)38)20-7-6-8-20/h10-11,13-14,17-20,24,31,38H,4-9,12,15-16H2,1-3H3. The molecule has 1 aromatic carbocycles. The molecule has 0 saturated heterocycles. The molecule has 2 aliphatic rings. The van der Waals surface area contributed by atoms with E-state index in [0.717, 1.165) is 49.1 Å². The van der Waals surface area contributed by atoms with E-state index in [-0.39, 0.29) is 23.6 Å². The molecule has 7 nitrogen and oxygen atoms in total. The summed E-state index contributed by atoms with van der Waals surface area (Å²) in [5.41, 5.74) is 5.20. The van der Waals surface area contributed by atoms with Crippen LogP contribution in [0.1, 0.15) is 104 Å². The van der Waals surface area contributed by atoms with Gasteiger partial charge in [0.15, 0.2) is 0 Å². The van der Waals surface area contributed by atoms with Gasteiger partial charge in [0.1, 0.15) is 11.4 Å². The van der Waals surface area contributed by atoms with Crippen molar-refractivity contribution in [1.82, 2.24) is 19.7 Å². The Balaban J connectivity index is 1.49. The van der Waals surface area contributed by atoms with Crippen LogP contribution in [0.4, 0.5) is 8.78 Å². The first-order chi connectivity index (χ1) is 19.3. The summed E-state index contributed by atoms with van der Waals surface area (Å²) in [6.45, 7) is 3.96. The first-order valence-corrected chi connectivity index (χ1v) is 14.5. The van der Waals surface area contributed by atoms with Gasteiger partial charge in [0.2, 0.25) is 5.88 Å². The van der Waals surface area contributed by atoms with Crippen LogP contribution in [0.3, 0.4) is 0 Å². The van der Waals surface area contributed by atoms with Gasteiger partial charge in [0, 0.05) is 30.8 Å². The number of benzene rings is 1. The number of pyridine rings is 1. The Labute approximate surface area is 234 Å². The maximum Gasteiger partial charge on any atom is 0.388 e. The number of hydrogen-bond donors (Lipinski definition) is 1. The number of phenols is 1. The van der Waals surface area contributed by atoms with Crippen LogP contribution in [0, 0.1) is 5.92 Å². The molecule has 1 aliphatic carbocycles.